The fourth-order valence-corrected chi connectivity index (χ4v) is 2.61. The van der Waals surface area contributed by atoms with E-state index < -0.39 is 0 Å². The maximum absolute atomic E-state index is 11.8. The van der Waals surface area contributed by atoms with E-state index in [9.17, 15) is 4.79 Å². The first-order chi connectivity index (χ1) is 10.7. The summed E-state index contributed by atoms with van der Waals surface area (Å²) in [6.45, 7) is 2.06. The Morgan fingerprint density at radius 1 is 1.17 bits per heavy atom. The fraction of sp³-hybridized carbons (Fsp3) is 0.222. The summed E-state index contributed by atoms with van der Waals surface area (Å²) in [5, 5.41) is 2.82. The SMILES string of the molecule is CCCCC(=O)N=c1cccc2c(c1)[nH]c1c(N)cccc12.Cl. The summed E-state index contributed by atoms with van der Waals surface area (Å²) in [5.41, 5.74) is 8.59. The summed E-state index contributed by atoms with van der Waals surface area (Å²) in [7, 11) is 0. The van der Waals surface area contributed by atoms with Crippen LogP contribution in [0.4, 0.5) is 5.69 Å². The molecule has 0 fully saturated rings. The van der Waals surface area contributed by atoms with E-state index in [0.717, 1.165) is 34.6 Å². The van der Waals surface area contributed by atoms with Crippen LogP contribution in [0.25, 0.3) is 21.8 Å². The van der Waals surface area contributed by atoms with Crippen molar-refractivity contribution < 1.29 is 4.79 Å². The molecule has 0 aliphatic rings. The largest absolute Gasteiger partial charge is 0.397 e. The van der Waals surface area contributed by atoms with E-state index in [1.54, 1.807) is 0 Å². The third-order valence-corrected chi connectivity index (χ3v) is 3.76. The molecule has 5 heteroatoms. The summed E-state index contributed by atoms with van der Waals surface area (Å²) in [5.74, 6) is -0.0724. The van der Waals surface area contributed by atoms with E-state index in [1.807, 2.05) is 42.5 Å². The molecule has 2 aromatic carbocycles. The van der Waals surface area contributed by atoms with Crippen molar-refractivity contribution in [2.45, 2.75) is 26.2 Å². The number of H-pyrrole nitrogens is 1. The van der Waals surface area contributed by atoms with Crippen molar-refractivity contribution in [2.75, 3.05) is 5.73 Å². The molecule has 0 radical (unpaired) electrons. The van der Waals surface area contributed by atoms with Crippen molar-refractivity contribution >= 4 is 45.8 Å². The fourth-order valence-electron chi connectivity index (χ4n) is 2.61. The number of hydrogen-bond acceptors (Lipinski definition) is 2. The highest BCUT2D eigenvalue weighted by atomic mass is 35.5. The minimum atomic E-state index is -0.0724. The van der Waals surface area contributed by atoms with Crippen LogP contribution in [0.5, 0.6) is 0 Å². The van der Waals surface area contributed by atoms with Gasteiger partial charge < -0.3 is 10.7 Å². The van der Waals surface area contributed by atoms with Crippen LogP contribution in [0.1, 0.15) is 26.2 Å². The molecule has 0 saturated carbocycles. The maximum atomic E-state index is 11.8. The van der Waals surface area contributed by atoms with Gasteiger partial charge >= 0.3 is 0 Å². The number of carbonyl (C=O) groups is 1. The third kappa shape index (κ3) is 3.54. The summed E-state index contributed by atoms with van der Waals surface area (Å²) in [6.07, 6.45) is 2.37. The molecule has 0 spiro atoms. The maximum Gasteiger partial charge on any atom is 0.246 e. The first-order valence-electron chi connectivity index (χ1n) is 7.57. The number of aromatic amines is 1. The molecule has 120 valence electrons. The van der Waals surface area contributed by atoms with Crippen LogP contribution in [0.15, 0.2) is 47.5 Å². The van der Waals surface area contributed by atoms with E-state index in [1.165, 1.54) is 0 Å². The van der Waals surface area contributed by atoms with Crippen LogP contribution >= 0.6 is 12.4 Å². The molecule has 1 heterocycles. The smallest absolute Gasteiger partial charge is 0.246 e. The molecular weight excluding hydrogens is 310 g/mol. The second kappa shape index (κ2) is 7.29. The molecule has 23 heavy (non-hydrogen) atoms. The van der Waals surface area contributed by atoms with Crippen molar-refractivity contribution in [3.8, 4) is 0 Å². The zero-order valence-corrected chi connectivity index (χ0v) is 13.8. The lowest BCUT2D eigenvalue weighted by molar-refractivity contribution is -0.118. The number of fused-ring (bicyclic) bond motifs is 3. The highest BCUT2D eigenvalue weighted by Crippen LogP contribution is 2.27. The second-order valence-electron chi connectivity index (χ2n) is 5.43. The van der Waals surface area contributed by atoms with Crippen LogP contribution in [0.3, 0.4) is 0 Å². The van der Waals surface area contributed by atoms with Gasteiger partial charge in [0.25, 0.3) is 0 Å². The Bertz CT molecular complexity index is 915. The van der Waals surface area contributed by atoms with Crippen molar-refractivity contribution in [1.82, 2.24) is 4.98 Å². The average molecular weight is 330 g/mol. The molecular formula is C18H20ClN3O. The van der Waals surface area contributed by atoms with Gasteiger partial charge in [0.15, 0.2) is 0 Å². The van der Waals surface area contributed by atoms with Crippen molar-refractivity contribution in [1.29, 1.82) is 0 Å². The average Bonchev–Trinajstić information content (AvgIpc) is 2.73. The Kier molecular flexibility index (Phi) is 5.40. The zero-order valence-electron chi connectivity index (χ0n) is 13.0. The minimum absolute atomic E-state index is 0. The zero-order chi connectivity index (χ0) is 15.5. The number of nitrogens with two attached hydrogens (primary N) is 1. The van der Waals surface area contributed by atoms with Gasteiger partial charge in [-0.2, -0.15) is 0 Å². The Balaban J connectivity index is 0.00000192. The number of carbonyl (C=O) groups excluding carboxylic acids is 1. The number of para-hydroxylation sites is 1. The van der Waals surface area contributed by atoms with Gasteiger partial charge in [0.2, 0.25) is 5.91 Å². The monoisotopic (exact) mass is 329 g/mol. The summed E-state index contributed by atoms with van der Waals surface area (Å²) in [4.78, 5) is 19.4. The van der Waals surface area contributed by atoms with Crippen molar-refractivity contribution in [3.05, 3.63) is 47.8 Å². The predicted octanol–water partition coefficient (Wildman–Crippen LogP) is 3.94. The van der Waals surface area contributed by atoms with Gasteiger partial charge in [-0.3, -0.25) is 4.79 Å². The lowest BCUT2D eigenvalue weighted by atomic mass is 10.2. The molecule has 3 N–H and O–H groups in total. The first kappa shape index (κ1) is 17.0. The van der Waals surface area contributed by atoms with Crippen LogP contribution in [0, 0.1) is 0 Å². The Labute approximate surface area is 140 Å². The first-order valence-corrected chi connectivity index (χ1v) is 7.57. The molecule has 4 nitrogen and oxygen atoms in total. The molecule has 1 aromatic heterocycles. The van der Waals surface area contributed by atoms with Crippen LogP contribution in [0.2, 0.25) is 0 Å². The molecule has 0 atom stereocenters. The van der Waals surface area contributed by atoms with Gasteiger partial charge in [-0.1, -0.05) is 37.6 Å². The number of nitrogens with zero attached hydrogens (tertiary/aromatic N) is 1. The highest BCUT2D eigenvalue weighted by molar-refractivity contribution is 6.10. The lowest BCUT2D eigenvalue weighted by Gasteiger charge is -1.93. The Morgan fingerprint density at radius 3 is 2.70 bits per heavy atom. The molecule has 1 amide bonds. The molecule has 0 aliphatic carbocycles. The Morgan fingerprint density at radius 2 is 1.91 bits per heavy atom. The lowest BCUT2D eigenvalue weighted by Crippen LogP contribution is -2.03. The van der Waals surface area contributed by atoms with E-state index in [2.05, 4.69) is 16.9 Å². The molecule has 0 aliphatic heterocycles. The number of anilines is 1. The topological polar surface area (TPSA) is 71.2 Å². The number of benzene rings is 1. The van der Waals surface area contributed by atoms with Gasteiger partial charge in [0, 0.05) is 22.7 Å². The number of unbranched alkanes of at least 4 members (excludes halogenated alkanes) is 1. The van der Waals surface area contributed by atoms with Gasteiger partial charge in [-0.05, 0) is 24.6 Å². The summed E-state index contributed by atoms with van der Waals surface area (Å²) >= 11 is 0. The van der Waals surface area contributed by atoms with E-state index >= 15 is 0 Å². The standard InChI is InChI=1S/C18H19N3O.ClH/c1-2-3-10-17(22)20-12-6-4-7-13-14-8-5-9-15(19)18(14)21-16(13)11-12;/h4-9,11,21H,2-3,10,19H2,1H3;1H. The molecule has 0 saturated heterocycles. The normalized spacial score (nSPS) is 11.6. The molecule has 3 rings (SSSR count). The third-order valence-electron chi connectivity index (χ3n) is 3.76. The van der Waals surface area contributed by atoms with Gasteiger partial charge in [-0.15, -0.1) is 12.4 Å². The second-order valence-corrected chi connectivity index (χ2v) is 5.43. The number of rotatable bonds is 3. The van der Waals surface area contributed by atoms with Crippen LogP contribution < -0.4 is 11.1 Å². The van der Waals surface area contributed by atoms with Crippen LogP contribution in [-0.4, -0.2) is 10.9 Å². The van der Waals surface area contributed by atoms with E-state index in [4.69, 9.17) is 5.73 Å². The van der Waals surface area contributed by atoms with Crippen molar-refractivity contribution in [2.24, 2.45) is 4.99 Å². The van der Waals surface area contributed by atoms with E-state index in [-0.39, 0.29) is 18.3 Å². The molecule has 0 unspecified atom stereocenters. The van der Waals surface area contributed by atoms with E-state index in [0.29, 0.717) is 17.5 Å². The minimum Gasteiger partial charge on any atom is -0.397 e. The molecule has 0 bridgehead atoms. The summed E-state index contributed by atoms with van der Waals surface area (Å²) < 4.78 is 0. The quantitative estimate of drug-likeness (QED) is 0.714. The van der Waals surface area contributed by atoms with Gasteiger partial charge in [0.1, 0.15) is 0 Å². The van der Waals surface area contributed by atoms with Crippen LogP contribution in [-0.2, 0) is 4.79 Å². The highest BCUT2D eigenvalue weighted by Gasteiger charge is 2.05. The number of aromatic nitrogens is 1. The summed E-state index contributed by atoms with van der Waals surface area (Å²) in [6, 6.07) is 13.5. The number of nitrogen functional groups attached to an aromatic ring is 1. The number of hydrogen-bond donors (Lipinski definition) is 2. The number of halogens is 1. The van der Waals surface area contributed by atoms with Gasteiger partial charge in [-0.25, -0.2) is 4.99 Å². The van der Waals surface area contributed by atoms with Gasteiger partial charge in [0.05, 0.1) is 16.6 Å². The molecule has 3 aromatic rings. The predicted molar refractivity (Wildman–Crippen MR) is 97.6 cm³/mol. The number of nitrogens with one attached hydrogen (secondary N) is 1. The Hall–Kier alpha value is -2.33. The van der Waals surface area contributed by atoms with Crippen molar-refractivity contribution in [3.63, 3.8) is 0 Å². The number of amides is 1.